The van der Waals surface area contributed by atoms with Gasteiger partial charge >= 0.3 is 6.09 Å². The normalized spacial score (nSPS) is 31.7. The summed E-state index contributed by atoms with van der Waals surface area (Å²) in [4.78, 5) is 14.8. The number of anilines is 1. The number of allylic oxidation sites excluding steroid dienone is 2. The van der Waals surface area contributed by atoms with Crippen molar-refractivity contribution in [3.63, 3.8) is 0 Å². The first-order valence-electron chi connectivity index (χ1n) is 9.25. The zero-order chi connectivity index (χ0) is 16.4. The summed E-state index contributed by atoms with van der Waals surface area (Å²) in [6.07, 6.45) is 10.1. The van der Waals surface area contributed by atoms with Gasteiger partial charge in [0.2, 0.25) is 0 Å². The highest BCUT2D eigenvalue weighted by atomic mass is 16.6. The van der Waals surface area contributed by atoms with E-state index in [1.807, 2.05) is 18.2 Å². The van der Waals surface area contributed by atoms with E-state index in [-0.39, 0.29) is 12.2 Å². The monoisotopic (exact) mass is 326 g/mol. The lowest BCUT2D eigenvalue weighted by molar-refractivity contribution is -0.0289. The summed E-state index contributed by atoms with van der Waals surface area (Å²) in [6, 6.07) is 8.11. The number of ether oxygens (including phenoxy) is 1. The van der Waals surface area contributed by atoms with E-state index in [0.29, 0.717) is 11.8 Å². The van der Waals surface area contributed by atoms with Crippen molar-refractivity contribution in [2.75, 3.05) is 25.0 Å². The number of carbonyl (C=O) groups excluding carboxylic acids is 1. The summed E-state index contributed by atoms with van der Waals surface area (Å²) < 4.78 is 5.76. The fraction of sp³-hybridized carbons (Fsp3) is 0.550. The molecular formula is C20H26N2O2. The fourth-order valence-corrected chi connectivity index (χ4v) is 4.33. The Balaban J connectivity index is 1.42. The number of rotatable bonds is 3. The third-order valence-electron chi connectivity index (χ3n) is 5.71. The highest BCUT2D eigenvalue weighted by Crippen LogP contribution is 2.33. The van der Waals surface area contributed by atoms with Gasteiger partial charge in [-0.3, -0.25) is 10.2 Å². The number of piperidine rings is 3. The zero-order valence-corrected chi connectivity index (χ0v) is 14.1. The predicted octanol–water partition coefficient (Wildman–Crippen LogP) is 4.15. The molecule has 1 N–H and O–H groups in total. The van der Waals surface area contributed by atoms with Gasteiger partial charge in [0.1, 0.15) is 6.10 Å². The minimum atomic E-state index is -0.305. The van der Waals surface area contributed by atoms with Gasteiger partial charge in [-0.2, -0.15) is 0 Å². The minimum Gasteiger partial charge on any atom is -0.444 e. The summed E-state index contributed by atoms with van der Waals surface area (Å²) >= 11 is 0. The summed E-state index contributed by atoms with van der Waals surface area (Å²) in [7, 11) is 0. The van der Waals surface area contributed by atoms with Crippen LogP contribution in [0, 0.1) is 5.92 Å². The van der Waals surface area contributed by atoms with E-state index >= 15 is 0 Å². The molecule has 24 heavy (non-hydrogen) atoms. The van der Waals surface area contributed by atoms with Gasteiger partial charge in [0.15, 0.2) is 0 Å². The molecule has 0 radical (unpaired) electrons. The smallest absolute Gasteiger partial charge is 0.411 e. The van der Waals surface area contributed by atoms with Crippen molar-refractivity contribution >= 4 is 11.8 Å². The maximum absolute atomic E-state index is 12.4. The summed E-state index contributed by atoms with van der Waals surface area (Å²) in [5.41, 5.74) is 2.08. The zero-order valence-electron chi connectivity index (χ0n) is 14.1. The third-order valence-corrected chi connectivity index (χ3v) is 5.71. The number of fused-ring (bicyclic) bond motifs is 3. The first-order valence-corrected chi connectivity index (χ1v) is 9.25. The van der Waals surface area contributed by atoms with Crippen LogP contribution in [0.2, 0.25) is 0 Å². The molecule has 4 aliphatic rings. The Bertz CT molecular complexity index is 620. The first-order chi connectivity index (χ1) is 11.8. The number of amides is 1. The first kappa shape index (κ1) is 15.7. The molecule has 3 saturated heterocycles. The number of hydrogen-bond donors (Lipinski definition) is 1. The van der Waals surface area contributed by atoms with Crippen molar-refractivity contribution < 1.29 is 9.53 Å². The Labute approximate surface area is 143 Å². The molecule has 3 aliphatic heterocycles. The number of para-hydroxylation sites is 1. The van der Waals surface area contributed by atoms with Crippen LogP contribution in [-0.4, -0.2) is 36.7 Å². The Morgan fingerprint density at radius 3 is 2.71 bits per heavy atom. The molecule has 3 heterocycles. The van der Waals surface area contributed by atoms with Crippen LogP contribution in [0.3, 0.4) is 0 Å². The molecule has 0 aromatic heterocycles. The molecule has 2 unspecified atom stereocenters. The van der Waals surface area contributed by atoms with Gasteiger partial charge in [0, 0.05) is 18.2 Å². The molecule has 1 aromatic carbocycles. The van der Waals surface area contributed by atoms with Crippen LogP contribution in [0.25, 0.3) is 0 Å². The third kappa shape index (κ3) is 3.34. The number of carbonyl (C=O) groups is 1. The van der Waals surface area contributed by atoms with Crippen molar-refractivity contribution in [3.05, 3.63) is 42.0 Å². The van der Waals surface area contributed by atoms with Crippen molar-refractivity contribution in [2.45, 2.75) is 44.1 Å². The minimum absolute atomic E-state index is 0.0502. The molecule has 2 bridgehead atoms. The van der Waals surface area contributed by atoms with Crippen LogP contribution in [-0.2, 0) is 4.74 Å². The second kappa shape index (κ2) is 6.98. The van der Waals surface area contributed by atoms with Gasteiger partial charge in [-0.15, -0.1) is 0 Å². The molecule has 4 heteroatoms. The fourth-order valence-electron chi connectivity index (χ4n) is 4.33. The van der Waals surface area contributed by atoms with Gasteiger partial charge in [-0.25, -0.2) is 4.79 Å². The molecule has 1 aliphatic carbocycles. The average molecular weight is 326 g/mol. The highest BCUT2D eigenvalue weighted by molar-refractivity contribution is 5.86. The van der Waals surface area contributed by atoms with E-state index in [0.717, 1.165) is 51.0 Å². The Hall–Kier alpha value is -1.81. The maximum atomic E-state index is 12.4. The van der Waals surface area contributed by atoms with Crippen molar-refractivity contribution in [1.29, 1.82) is 0 Å². The van der Waals surface area contributed by atoms with E-state index in [9.17, 15) is 4.79 Å². The Morgan fingerprint density at radius 1 is 1.17 bits per heavy atom. The average Bonchev–Trinajstić information content (AvgIpc) is 2.64. The summed E-state index contributed by atoms with van der Waals surface area (Å²) in [6.45, 7) is 3.21. The lowest BCUT2D eigenvalue weighted by Gasteiger charge is -2.43. The number of nitrogens with zero attached hydrogens (tertiary/aromatic N) is 1. The molecule has 3 fully saturated rings. The molecular weight excluding hydrogens is 300 g/mol. The van der Waals surface area contributed by atoms with Gasteiger partial charge < -0.3 is 4.74 Å². The van der Waals surface area contributed by atoms with E-state index in [2.05, 4.69) is 28.4 Å². The Morgan fingerprint density at radius 2 is 2.00 bits per heavy atom. The second-order valence-corrected chi connectivity index (χ2v) is 7.26. The van der Waals surface area contributed by atoms with Crippen LogP contribution in [0.4, 0.5) is 10.5 Å². The molecule has 1 amide bonds. The van der Waals surface area contributed by atoms with E-state index in [1.54, 1.807) is 0 Å². The quantitative estimate of drug-likeness (QED) is 0.848. The topological polar surface area (TPSA) is 41.6 Å². The van der Waals surface area contributed by atoms with E-state index in [1.165, 1.54) is 12.0 Å². The maximum Gasteiger partial charge on any atom is 0.411 e. The second-order valence-electron chi connectivity index (χ2n) is 7.26. The number of nitrogens with one attached hydrogen (secondary N) is 1. The Kier molecular flexibility index (Phi) is 4.56. The van der Waals surface area contributed by atoms with Crippen LogP contribution < -0.4 is 5.32 Å². The van der Waals surface area contributed by atoms with Gasteiger partial charge in [0.25, 0.3) is 0 Å². The molecule has 0 spiro atoms. The molecule has 2 atom stereocenters. The molecule has 0 saturated carbocycles. The summed E-state index contributed by atoms with van der Waals surface area (Å²) in [5, 5.41) is 3.00. The number of benzene rings is 1. The predicted molar refractivity (Wildman–Crippen MR) is 95.2 cm³/mol. The van der Waals surface area contributed by atoms with Crippen LogP contribution in [0.1, 0.15) is 43.6 Å². The van der Waals surface area contributed by atoms with Crippen LogP contribution in [0.5, 0.6) is 0 Å². The standard InChI is InChI=1S/C20H26N2O2/c23-20(24-19-14-22-12-10-16(19)11-13-22)21-18-9-5-4-8-17(18)15-6-2-1-3-7-15/h2,4-6,8-9,15-16,19H,1,3,7,10-14H2,(H,21,23). The van der Waals surface area contributed by atoms with Gasteiger partial charge in [-0.05, 0) is 62.7 Å². The number of hydrogen-bond acceptors (Lipinski definition) is 3. The largest absolute Gasteiger partial charge is 0.444 e. The molecule has 128 valence electrons. The van der Waals surface area contributed by atoms with E-state index in [4.69, 9.17) is 4.74 Å². The van der Waals surface area contributed by atoms with Crippen molar-refractivity contribution in [1.82, 2.24) is 4.90 Å². The molecule has 5 rings (SSSR count). The SMILES string of the molecule is O=C(Nc1ccccc1C1C=CCCC1)OC1CN2CCC1CC2. The lowest BCUT2D eigenvalue weighted by atomic mass is 9.86. The van der Waals surface area contributed by atoms with Gasteiger partial charge in [-0.1, -0.05) is 30.4 Å². The van der Waals surface area contributed by atoms with E-state index < -0.39 is 0 Å². The van der Waals surface area contributed by atoms with Crippen molar-refractivity contribution in [3.8, 4) is 0 Å². The van der Waals surface area contributed by atoms with Crippen molar-refractivity contribution in [2.24, 2.45) is 5.92 Å². The van der Waals surface area contributed by atoms with Crippen LogP contribution >= 0.6 is 0 Å². The molecule has 1 aromatic rings. The van der Waals surface area contributed by atoms with Crippen LogP contribution in [0.15, 0.2) is 36.4 Å². The summed E-state index contributed by atoms with van der Waals surface area (Å²) in [5.74, 6) is 0.935. The van der Waals surface area contributed by atoms with Gasteiger partial charge in [0.05, 0.1) is 0 Å². The molecule has 4 nitrogen and oxygen atoms in total. The highest BCUT2D eigenvalue weighted by Gasteiger charge is 2.36. The lowest BCUT2D eigenvalue weighted by Crippen LogP contribution is -2.52.